The SMILES string of the molecule is CCOC(=O)CCc1ccc(NC(=O)[C@@]23CCCC[C@H]2CNC3)cc1. The number of nitrogens with one attached hydrogen (secondary N) is 2. The summed E-state index contributed by atoms with van der Waals surface area (Å²) in [5, 5.41) is 6.53. The van der Waals surface area contributed by atoms with Crippen molar-refractivity contribution in [2.75, 3.05) is 25.0 Å². The summed E-state index contributed by atoms with van der Waals surface area (Å²) in [5.41, 5.74) is 1.67. The van der Waals surface area contributed by atoms with Gasteiger partial charge in [0.2, 0.25) is 5.91 Å². The summed E-state index contributed by atoms with van der Waals surface area (Å²) >= 11 is 0. The molecular weight excluding hydrogens is 316 g/mol. The average Bonchev–Trinajstić information content (AvgIpc) is 3.07. The van der Waals surface area contributed by atoms with Crippen LogP contribution in [0, 0.1) is 11.3 Å². The second-order valence-corrected chi connectivity index (χ2v) is 7.19. The number of esters is 1. The van der Waals surface area contributed by atoms with E-state index in [2.05, 4.69) is 10.6 Å². The summed E-state index contributed by atoms with van der Waals surface area (Å²) in [6, 6.07) is 7.79. The summed E-state index contributed by atoms with van der Waals surface area (Å²) in [6.07, 6.45) is 5.54. The molecule has 0 radical (unpaired) electrons. The van der Waals surface area contributed by atoms with Gasteiger partial charge in [-0.1, -0.05) is 25.0 Å². The number of anilines is 1. The molecule has 0 spiro atoms. The normalized spacial score (nSPS) is 25.2. The third-order valence-corrected chi connectivity index (χ3v) is 5.63. The van der Waals surface area contributed by atoms with Crippen LogP contribution in [0.15, 0.2) is 24.3 Å². The molecule has 5 nitrogen and oxygen atoms in total. The highest BCUT2D eigenvalue weighted by atomic mass is 16.5. The fraction of sp³-hybridized carbons (Fsp3) is 0.600. The van der Waals surface area contributed by atoms with Gasteiger partial charge in [0, 0.05) is 18.7 Å². The number of benzene rings is 1. The van der Waals surface area contributed by atoms with Crippen molar-refractivity contribution in [3.63, 3.8) is 0 Å². The second-order valence-electron chi connectivity index (χ2n) is 7.19. The zero-order valence-corrected chi connectivity index (χ0v) is 15.0. The molecule has 2 fully saturated rings. The van der Waals surface area contributed by atoms with Crippen LogP contribution < -0.4 is 10.6 Å². The smallest absolute Gasteiger partial charge is 0.306 e. The molecule has 136 valence electrons. The standard InChI is InChI=1S/C20H28N2O3/c1-2-25-18(23)11-8-15-6-9-17(10-7-15)22-19(24)20-12-4-3-5-16(20)13-21-14-20/h6-7,9-10,16,21H,2-5,8,11-14H2,1H3,(H,22,24)/t16-,20+/m0/s1. The van der Waals surface area contributed by atoms with Crippen LogP contribution in [0.25, 0.3) is 0 Å². The number of ether oxygens (including phenoxy) is 1. The molecule has 2 aliphatic rings. The van der Waals surface area contributed by atoms with Crippen LogP contribution in [0.1, 0.15) is 44.6 Å². The topological polar surface area (TPSA) is 67.4 Å². The van der Waals surface area contributed by atoms with Crippen LogP contribution >= 0.6 is 0 Å². The molecule has 3 rings (SSSR count). The molecule has 1 aromatic rings. The predicted octanol–water partition coefficient (Wildman–Crippen LogP) is 2.90. The van der Waals surface area contributed by atoms with E-state index < -0.39 is 0 Å². The zero-order chi connectivity index (χ0) is 17.7. The number of carbonyl (C=O) groups is 2. The molecule has 1 aliphatic carbocycles. The Morgan fingerprint density at radius 3 is 2.84 bits per heavy atom. The molecule has 1 amide bonds. The van der Waals surface area contributed by atoms with Crippen molar-refractivity contribution < 1.29 is 14.3 Å². The number of aryl methyl sites for hydroxylation is 1. The van der Waals surface area contributed by atoms with Gasteiger partial charge in [-0.3, -0.25) is 9.59 Å². The minimum Gasteiger partial charge on any atom is -0.466 e. The molecule has 2 atom stereocenters. The van der Waals surface area contributed by atoms with Crippen LogP contribution in [-0.4, -0.2) is 31.6 Å². The van der Waals surface area contributed by atoms with Gasteiger partial charge >= 0.3 is 5.97 Å². The highest BCUT2D eigenvalue weighted by Crippen LogP contribution is 2.44. The molecule has 1 heterocycles. The van der Waals surface area contributed by atoms with Gasteiger partial charge in [-0.25, -0.2) is 0 Å². The number of hydrogen-bond acceptors (Lipinski definition) is 4. The summed E-state index contributed by atoms with van der Waals surface area (Å²) in [4.78, 5) is 24.4. The monoisotopic (exact) mass is 344 g/mol. The Morgan fingerprint density at radius 1 is 1.28 bits per heavy atom. The summed E-state index contributed by atoms with van der Waals surface area (Å²) < 4.78 is 4.94. The van der Waals surface area contributed by atoms with E-state index >= 15 is 0 Å². The van der Waals surface area contributed by atoms with Crippen molar-refractivity contribution in [3.8, 4) is 0 Å². The van der Waals surface area contributed by atoms with E-state index in [1.807, 2.05) is 31.2 Å². The molecule has 5 heteroatoms. The number of fused-ring (bicyclic) bond motifs is 1. The fourth-order valence-electron chi connectivity index (χ4n) is 4.18. The maximum atomic E-state index is 12.9. The first-order valence-corrected chi connectivity index (χ1v) is 9.41. The van der Waals surface area contributed by atoms with Crippen LogP contribution in [0.5, 0.6) is 0 Å². The van der Waals surface area contributed by atoms with E-state index in [-0.39, 0.29) is 17.3 Å². The summed E-state index contributed by atoms with van der Waals surface area (Å²) in [7, 11) is 0. The Hall–Kier alpha value is -1.88. The Labute approximate surface area is 149 Å². The van der Waals surface area contributed by atoms with E-state index in [9.17, 15) is 9.59 Å². The molecule has 0 bridgehead atoms. The van der Waals surface area contributed by atoms with Gasteiger partial charge in [-0.15, -0.1) is 0 Å². The van der Waals surface area contributed by atoms with Crippen LogP contribution in [0.4, 0.5) is 5.69 Å². The van der Waals surface area contributed by atoms with Gasteiger partial charge in [0.05, 0.1) is 12.0 Å². The van der Waals surface area contributed by atoms with Crippen molar-refractivity contribution in [2.24, 2.45) is 11.3 Å². The van der Waals surface area contributed by atoms with Gasteiger partial charge in [-0.2, -0.15) is 0 Å². The van der Waals surface area contributed by atoms with Crippen molar-refractivity contribution in [1.29, 1.82) is 0 Å². The lowest BCUT2D eigenvalue weighted by Crippen LogP contribution is -2.44. The molecule has 2 N–H and O–H groups in total. The molecule has 25 heavy (non-hydrogen) atoms. The number of amides is 1. The zero-order valence-electron chi connectivity index (χ0n) is 15.0. The van der Waals surface area contributed by atoms with Gasteiger partial charge in [0.1, 0.15) is 0 Å². The number of rotatable bonds is 6. The predicted molar refractivity (Wildman–Crippen MR) is 97.3 cm³/mol. The van der Waals surface area contributed by atoms with E-state index in [0.29, 0.717) is 25.4 Å². The first-order valence-electron chi connectivity index (χ1n) is 9.41. The first kappa shape index (κ1) is 17.9. The number of hydrogen-bond donors (Lipinski definition) is 2. The third-order valence-electron chi connectivity index (χ3n) is 5.63. The number of carbonyl (C=O) groups excluding carboxylic acids is 2. The Morgan fingerprint density at radius 2 is 2.08 bits per heavy atom. The van der Waals surface area contributed by atoms with Crippen LogP contribution in [0.2, 0.25) is 0 Å². The van der Waals surface area contributed by atoms with E-state index in [0.717, 1.165) is 43.6 Å². The van der Waals surface area contributed by atoms with Crippen molar-refractivity contribution in [3.05, 3.63) is 29.8 Å². The molecule has 0 aromatic heterocycles. The van der Waals surface area contributed by atoms with E-state index in [4.69, 9.17) is 4.74 Å². The minimum absolute atomic E-state index is 0.154. The highest BCUT2D eigenvalue weighted by molar-refractivity contribution is 5.96. The van der Waals surface area contributed by atoms with Crippen LogP contribution in [-0.2, 0) is 20.7 Å². The molecule has 1 saturated carbocycles. The first-order chi connectivity index (χ1) is 12.1. The van der Waals surface area contributed by atoms with Gasteiger partial charge in [-0.05, 0) is 56.3 Å². The molecule has 0 unspecified atom stereocenters. The maximum Gasteiger partial charge on any atom is 0.306 e. The highest BCUT2D eigenvalue weighted by Gasteiger charge is 2.49. The van der Waals surface area contributed by atoms with Crippen molar-refractivity contribution in [1.82, 2.24) is 5.32 Å². The largest absolute Gasteiger partial charge is 0.466 e. The lowest BCUT2D eigenvalue weighted by molar-refractivity contribution is -0.143. The van der Waals surface area contributed by atoms with Gasteiger partial charge < -0.3 is 15.4 Å². The van der Waals surface area contributed by atoms with E-state index in [1.165, 1.54) is 6.42 Å². The maximum absolute atomic E-state index is 12.9. The molecular formula is C20H28N2O3. The molecule has 1 aliphatic heterocycles. The lowest BCUT2D eigenvalue weighted by atomic mass is 9.67. The minimum atomic E-state index is -0.235. The fourth-order valence-corrected chi connectivity index (χ4v) is 4.18. The Bertz CT molecular complexity index is 614. The van der Waals surface area contributed by atoms with Crippen molar-refractivity contribution in [2.45, 2.75) is 45.4 Å². The van der Waals surface area contributed by atoms with Crippen molar-refractivity contribution >= 4 is 17.6 Å². The summed E-state index contributed by atoms with van der Waals surface area (Å²) in [6.45, 7) is 3.98. The lowest BCUT2D eigenvalue weighted by Gasteiger charge is -2.37. The third kappa shape index (κ3) is 4.03. The van der Waals surface area contributed by atoms with Crippen LogP contribution in [0.3, 0.4) is 0 Å². The Kier molecular flexibility index (Phi) is 5.74. The average molecular weight is 344 g/mol. The second kappa shape index (κ2) is 8.00. The molecule has 1 aromatic carbocycles. The Balaban J connectivity index is 1.57. The van der Waals surface area contributed by atoms with Gasteiger partial charge in [0.15, 0.2) is 0 Å². The summed E-state index contributed by atoms with van der Waals surface area (Å²) in [5.74, 6) is 0.447. The van der Waals surface area contributed by atoms with Gasteiger partial charge in [0.25, 0.3) is 0 Å². The molecule has 1 saturated heterocycles. The van der Waals surface area contributed by atoms with E-state index in [1.54, 1.807) is 0 Å². The quantitative estimate of drug-likeness (QED) is 0.779.